The minimum Gasteiger partial charge on any atom is -0.396 e. The van der Waals surface area contributed by atoms with E-state index in [1.165, 1.54) is 0 Å². The van der Waals surface area contributed by atoms with Crippen molar-refractivity contribution in [3.63, 3.8) is 0 Å². The Kier molecular flexibility index (Phi) is 2.28. The van der Waals surface area contributed by atoms with Crippen LogP contribution in [0.3, 0.4) is 0 Å². The van der Waals surface area contributed by atoms with Gasteiger partial charge in [0.2, 0.25) is 0 Å². The SMILES string of the molecule is CN1CCC(N)(CCO)C1. The van der Waals surface area contributed by atoms with Crippen molar-refractivity contribution in [3.8, 4) is 0 Å². The van der Waals surface area contributed by atoms with Gasteiger partial charge in [-0.2, -0.15) is 0 Å². The molecule has 1 atom stereocenters. The Morgan fingerprint density at radius 1 is 1.70 bits per heavy atom. The molecule has 10 heavy (non-hydrogen) atoms. The Labute approximate surface area is 61.8 Å². The van der Waals surface area contributed by atoms with E-state index in [1.807, 2.05) is 0 Å². The molecule has 0 aromatic heterocycles. The van der Waals surface area contributed by atoms with Gasteiger partial charge in [-0.25, -0.2) is 0 Å². The number of aliphatic hydroxyl groups excluding tert-OH is 1. The highest BCUT2D eigenvalue weighted by atomic mass is 16.3. The van der Waals surface area contributed by atoms with Crippen LogP contribution in [0.2, 0.25) is 0 Å². The molecule has 0 saturated carbocycles. The highest BCUT2D eigenvalue weighted by molar-refractivity contribution is 4.92. The fourth-order valence-corrected chi connectivity index (χ4v) is 1.54. The van der Waals surface area contributed by atoms with Gasteiger partial charge in [-0.3, -0.25) is 0 Å². The number of hydrogen-bond donors (Lipinski definition) is 2. The van der Waals surface area contributed by atoms with Gasteiger partial charge in [-0.05, 0) is 26.4 Å². The predicted octanol–water partition coefficient (Wildman–Crippen LogP) is -0.598. The first-order valence-corrected chi connectivity index (χ1v) is 3.75. The number of aliphatic hydroxyl groups is 1. The summed E-state index contributed by atoms with van der Waals surface area (Å²) in [5.41, 5.74) is 5.85. The third kappa shape index (κ3) is 1.68. The molecule has 1 saturated heterocycles. The first-order chi connectivity index (χ1) is 4.66. The zero-order chi connectivity index (χ0) is 7.61. The van der Waals surface area contributed by atoms with Gasteiger partial charge in [-0.15, -0.1) is 0 Å². The third-order valence-corrected chi connectivity index (χ3v) is 2.19. The minimum absolute atomic E-state index is 0.108. The van der Waals surface area contributed by atoms with Gasteiger partial charge in [-0.1, -0.05) is 0 Å². The number of nitrogens with two attached hydrogens (primary N) is 1. The van der Waals surface area contributed by atoms with E-state index in [9.17, 15) is 0 Å². The van der Waals surface area contributed by atoms with Crippen molar-refractivity contribution in [2.75, 3.05) is 26.7 Å². The van der Waals surface area contributed by atoms with E-state index >= 15 is 0 Å². The highest BCUT2D eigenvalue weighted by Gasteiger charge is 2.31. The lowest BCUT2D eigenvalue weighted by atomic mass is 9.96. The van der Waals surface area contributed by atoms with Gasteiger partial charge in [0, 0.05) is 18.7 Å². The first-order valence-electron chi connectivity index (χ1n) is 3.75. The Balaban J connectivity index is 2.38. The van der Waals surface area contributed by atoms with Crippen LogP contribution in [0.5, 0.6) is 0 Å². The molecule has 1 heterocycles. The lowest BCUT2D eigenvalue weighted by Crippen LogP contribution is -2.42. The molecule has 3 heteroatoms. The van der Waals surface area contributed by atoms with Gasteiger partial charge in [0.25, 0.3) is 0 Å². The average molecular weight is 144 g/mol. The summed E-state index contributed by atoms with van der Waals surface area (Å²) >= 11 is 0. The van der Waals surface area contributed by atoms with E-state index in [0.29, 0.717) is 0 Å². The maximum atomic E-state index is 8.68. The molecule has 3 nitrogen and oxygen atoms in total. The summed E-state index contributed by atoms with van der Waals surface area (Å²) in [6, 6.07) is 0. The van der Waals surface area contributed by atoms with Crippen molar-refractivity contribution in [2.24, 2.45) is 5.73 Å². The van der Waals surface area contributed by atoms with Crippen molar-refractivity contribution in [1.29, 1.82) is 0 Å². The van der Waals surface area contributed by atoms with Crippen molar-refractivity contribution < 1.29 is 5.11 Å². The van der Waals surface area contributed by atoms with Crippen LogP contribution in [0, 0.1) is 0 Å². The molecule has 1 fully saturated rings. The van der Waals surface area contributed by atoms with Crippen LogP contribution in [0.25, 0.3) is 0 Å². The second-order valence-electron chi connectivity index (χ2n) is 3.32. The maximum Gasteiger partial charge on any atom is 0.0449 e. The lowest BCUT2D eigenvalue weighted by molar-refractivity contribution is 0.237. The van der Waals surface area contributed by atoms with Crippen LogP contribution in [-0.4, -0.2) is 42.3 Å². The van der Waals surface area contributed by atoms with Gasteiger partial charge in [0.05, 0.1) is 0 Å². The molecule has 0 bridgehead atoms. The number of likely N-dealkylation sites (tertiary alicyclic amines) is 1. The zero-order valence-electron chi connectivity index (χ0n) is 6.51. The van der Waals surface area contributed by atoms with Crippen molar-refractivity contribution in [3.05, 3.63) is 0 Å². The minimum atomic E-state index is -0.108. The van der Waals surface area contributed by atoms with Gasteiger partial charge < -0.3 is 15.7 Å². The lowest BCUT2D eigenvalue weighted by Gasteiger charge is -2.21. The molecule has 0 spiro atoms. The summed E-state index contributed by atoms with van der Waals surface area (Å²) in [5, 5.41) is 8.68. The Bertz CT molecular complexity index is 114. The molecule has 1 unspecified atom stereocenters. The summed E-state index contributed by atoms with van der Waals surface area (Å²) in [4.78, 5) is 2.20. The molecule has 0 radical (unpaired) electrons. The van der Waals surface area contributed by atoms with E-state index in [-0.39, 0.29) is 12.1 Å². The summed E-state index contributed by atoms with van der Waals surface area (Å²) in [6.07, 6.45) is 1.75. The third-order valence-electron chi connectivity index (χ3n) is 2.19. The number of likely N-dealkylation sites (N-methyl/N-ethyl adjacent to an activating group) is 1. The molecule has 0 aromatic carbocycles. The number of nitrogens with zero attached hydrogens (tertiary/aromatic N) is 1. The quantitative estimate of drug-likeness (QED) is 0.544. The van der Waals surface area contributed by atoms with E-state index in [4.69, 9.17) is 10.8 Å². The summed E-state index contributed by atoms with van der Waals surface area (Å²) in [6.45, 7) is 2.20. The molecule has 0 aromatic rings. The second kappa shape index (κ2) is 2.86. The van der Waals surface area contributed by atoms with Crippen LogP contribution >= 0.6 is 0 Å². The largest absolute Gasteiger partial charge is 0.396 e. The summed E-state index contributed by atoms with van der Waals surface area (Å²) in [7, 11) is 2.06. The van der Waals surface area contributed by atoms with E-state index in [0.717, 1.165) is 25.9 Å². The number of hydrogen-bond acceptors (Lipinski definition) is 3. The molecular formula is C7H16N2O. The molecule has 0 amide bonds. The average Bonchev–Trinajstić information content (AvgIpc) is 2.12. The fourth-order valence-electron chi connectivity index (χ4n) is 1.54. The second-order valence-corrected chi connectivity index (χ2v) is 3.32. The van der Waals surface area contributed by atoms with Gasteiger partial charge in [0.15, 0.2) is 0 Å². The fraction of sp³-hybridized carbons (Fsp3) is 1.00. The normalized spacial score (nSPS) is 35.1. The molecule has 1 rings (SSSR count). The van der Waals surface area contributed by atoms with Crippen LogP contribution in [0.1, 0.15) is 12.8 Å². The molecule has 1 aliphatic rings. The Morgan fingerprint density at radius 3 is 2.80 bits per heavy atom. The summed E-state index contributed by atoms with van der Waals surface area (Å²) in [5.74, 6) is 0. The van der Waals surface area contributed by atoms with E-state index in [2.05, 4.69) is 11.9 Å². The van der Waals surface area contributed by atoms with Crippen LogP contribution in [-0.2, 0) is 0 Å². The van der Waals surface area contributed by atoms with Crippen LogP contribution < -0.4 is 5.73 Å². The Hall–Kier alpha value is -0.120. The van der Waals surface area contributed by atoms with E-state index in [1.54, 1.807) is 0 Å². The standard InChI is InChI=1S/C7H16N2O/c1-9-4-2-7(8,6-9)3-5-10/h10H,2-6,8H2,1H3. The van der Waals surface area contributed by atoms with Gasteiger partial charge in [0.1, 0.15) is 0 Å². The van der Waals surface area contributed by atoms with Crippen LogP contribution in [0.15, 0.2) is 0 Å². The molecule has 0 aliphatic carbocycles. The summed E-state index contributed by atoms with van der Waals surface area (Å²) < 4.78 is 0. The smallest absolute Gasteiger partial charge is 0.0449 e. The first kappa shape index (κ1) is 7.98. The van der Waals surface area contributed by atoms with E-state index < -0.39 is 0 Å². The molecule has 1 aliphatic heterocycles. The Morgan fingerprint density at radius 2 is 2.40 bits per heavy atom. The molecular weight excluding hydrogens is 128 g/mol. The highest BCUT2D eigenvalue weighted by Crippen LogP contribution is 2.19. The predicted molar refractivity (Wildman–Crippen MR) is 40.7 cm³/mol. The van der Waals surface area contributed by atoms with Crippen molar-refractivity contribution in [1.82, 2.24) is 4.90 Å². The monoisotopic (exact) mass is 144 g/mol. The zero-order valence-corrected chi connectivity index (χ0v) is 6.51. The maximum absolute atomic E-state index is 8.68. The van der Waals surface area contributed by atoms with Crippen LogP contribution in [0.4, 0.5) is 0 Å². The van der Waals surface area contributed by atoms with Gasteiger partial charge >= 0.3 is 0 Å². The molecule has 60 valence electrons. The topological polar surface area (TPSA) is 49.5 Å². The number of rotatable bonds is 2. The van der Waals surface area contributed by atoms with Crippen molar-refractivity contribution >= 4 is 0 Å². The molecule has 3 N–H and O–H groups in total. The van der Waals surface area contributed by atoms with Crippen molar-refractivity contribution in [2.45, 2.75) is 18.4 Å².